The van der Waals surface area contributed by atoms with E-state index in [4.69, 9.17) is 17.3 Å². The first-order valence-electron chi connectivity index (χ1n) is 4.19. The summed E-state index contributed by atoms with van der Waals surface area (Å²) >= 11 is 6.05. The van der Waals surface area contributed by atoms with Crippen LogP contribution in [-0.4, -0.2) is 15.3 Å². The number of aromatic hydroxyl groups is 1. The molecule has 1 saturated heterocycles. The first-order chi connectivity index (χ1) is 7.15. The highest BCUT2D eigenvalue weighted by atomic mass is 32.2. The Kier molecular flexibility index (Phi) is 2.75. The van der Waals surface area contributed by atoms with Gasteiger partial charge in [-0.3, -0.25) is 4.79 Å². The fraction of sp³-hybridized carbons (Fsp3) is 0. The highest BCUT2D eigenvalue weighted by Gasteiger charge is 2.21. The van der Waals surface area contributed by atoms with Gasteiger partial charge in [-0.05, 0) is 35.5 Å². The van der Waals surface area contributed by atoms with E-state index in [0.717, 1.165) is 22.2 Å². The Hall–Kier alpha value is -1.33. The highest BCUT2D eigenvalue weighted by molar-refractivity contribution is 8.19. The summed E-state index contributed by atoms with van der Waals surface area (Å²) in [5.41, 5.74) is 0.897. The van der Waals surface area contributed by atoms with Gasteiger partial charge in [-0.15, -0.1) is 0 Å². The van der Waals surface area contributed by atoms with E-state index < -0.39 is 0 Å². The van der Waals surface area contributed by atoms with Crippen LogP contribution in [0.1, 0.15) is 5.56 Å². The normalized spacial score (nSPS) is 18.3. The van der Waals surface area contributed by atoms with Crippen LogP contribution in [0.5, 0.6) is 5.75 Å². The van der Waals surface area contributed by atoms with Crippen molar-refractivity contribution in [3.63, 3.8) is 0 Å². The SMILES string of the molecule is O=C1NC(=S)/C(=C\c2ccc(O)cc2)S1. The van der Waals surface area contributed by atoms with Crippen molar-refractivity contribution in [1.82, 2.24) is 5.32 Å². The molecule has 0 spiro atoms. The smallest absolute Gasteiger partial charge is 0.289 e. The van der Waals surface area contributed by atoms with Crippen molar-refractivity contribution in [2.75, 3.05) is 0 Å². The lowest BCUT2D eigenvalue weighted by molar-refractivity contribution is 0.265. The minimum Gasteiger partial charge on any atom is -0.508 e. The van der Waals surface area contributed by atoms with E-state index >= 15 is 0 Å². The molecule has 0 aliphatic carbocycles. The van der Waals surface area contributed by atoms with Gasteiger partial charge in [0.1, 0.15) is 10.7 Å². The Morgan fingerprint density at radius 1 is 1.33 bits per heavy atom. The van der Waals surface area contributed by atoms with Gasteiger partial charge < -0.3 is 10.4 Å². The number of hydrogen-bond acceptors (Lipinski definition) is 4. The molecule has 1 aromatic carbocycles. The molecule has 76 valence electrons. The monoisotopic (exact) mass is 237 g/mol. The summed E-state index contributed by atoms with van der Waals surface area (Å²) in [6, 6.07) is 6.69. The maximum atomic E-state index is 11.0. The van der Waals surface area contributed by atoms with Crippen molar-refractivity contribution in [3.05, 3.63) is 34.7 Å². The largest absolute Gasteiger partial charge is 0.508 e. The van der Waals surface area contributed by atoms with Crippen LogP contribution >= 0.6 is 24.0 Å². The summed E-state index contributed by atoms with van der Waals surface area (Å²) in [5.74, 6) is 0.216. The number of benzene rings is 1. The predicted molar refractivity (Wildman–Crippen MR) is 64.8 cm³/mol. The summed E-state index contributed by atoms with van der Waals surface area (Å²) in [4.78, 5) is 12.2. The molecule has 0 bridgehead atoms. The molecular formula is C10H7NO2S2. The number of carbonyl (C=O) groups excluding carboxylic acids is 1. The van der Waals surface area contributed by atoms with E-state index in [1.807, 2.05) is 6.08 Å². The first kappa shape index (κ1) is 10.2. The van der Waals surface area contributed by atoms with Crippen LogP contribution in [0.2, 0.25) is 0 Å². The van der Waals surface area contributed by atoms with Crippen LogP contribution in [0.25, 0.3) is 6.08 Å². The fourth-order valence-electron chi connectivity index (χ4n) is 1.14. The van der Waals surface area contributed by atoms with Crippen molar-refractivity contribution in [2.45, 2.75) is 0 Å². The molecule has 1 fully saturated rings. The van der Waals surface area contributed by atoms with Crippen LogP contribution in [0.3, 0.4) is 0 Å². The number of hydrogen-bond donors (Lipinski definition) is 2. The van der Waals surface area contributed by atoms with E-state index in [9.17, 15) is 4.79 Å². The van der Waals surface area contributed by atoms with Crippen molar-refractivity contribution in [1.29, 1.82) is 0 Å². The molecule has 0 unspecified atom stereocenters. The Labute approximate surface area is 96.2 Å². The lowest BCUT2D eigenvalue weighted by atomic mass is 10.2. The van der Waals surface area contributed by atoms with Gasteiger partial charge in [0.2, 0.25) is 0 Å². The van der Waals surface area contributed by atoms with Crippen LogP contribution in [0, 0.1) is 0 Å². The van der Waals surface area contributed by atoms with Crippen molar-refractivity contribution in [3.8, 4) is 5.75 Å². The Bertz CT molecular complexity index is 451. The van der Waals surface area contributed by atoms with Crippen LogP contribution in [0.15, 0.2) is 29.2 Å². The van der Waals surface area contributed by atoms with Crippen LogP contribution in [-0.2, 0) is 0 Å². The zero-order valence-electron chi connectivity index (χ0n) is 7.56. The molecule has 1 aliphatic heterocycles. The van der Waals surface area contributed by atoms with Gasteiger partial charge in [0.25, 0.3) is 5.24 Å². The highest BCUT2D eigenvalue weighted by Crippen LogP contribution is 2.26. The van der Waals surface area contributed by atoms with Gasteiger partial charge in [-0.25, -0.2) is 0 Å². The molecule has 1 aliphatic rings. The Balaban J connectivity index is 2.27. The molecule has 3 nitrogen and oxygen atoms in total. The molecular weight excluding hydrogens is 230 g/mol. The quantitative estimate of drug-likeness (QED) is 0.582. The molecule has 0 radical (unpaired) electrons. The van der Waals surface area contributed by atoms with Crippen LogP contribution in [0.4, 0.5) is 4.79 Å². The van der Waals surface area contributed by atoms with E-state index in [1.165, 1.54) is 0 Å². The van der Waals surface area contributed by atoms with Gasteiger partial charge in [0.15, 0.2) is 0 Å². The minimum absolute atomic E-state index is 0.148. The molecule has 0 saturated carbocycles. The van der Waals surface area contributed by atoms with Crippen molar-refractivity contribution >= 4 is 40.3 Å². The summed E-state index contributed by atoms with van der Waals surface area (Å²) in [6.07, 6.45) is 1.81. The first-order valence-corrected chi connectivity index (χ1v) is 5.41. The van der Waals surface area contributed by atoms with E-state index in [0.29, 0.717) is 4.99 Å². The number of thiocarbonyl (C=S) groups is 1. The van der Waals surface area contributed by atoms with Gasteiger partial charge in [-0.1, -0.05) is 24.4 Å². The zero-order valence-corrected chi connectivity index (χ0v) is 9.19. The third-order valence-electron chi connectivity index (χ3n) is 1.83. The number of phenols is 1. The molecule has 2 N–H and O–H groups in total. The zero-order chi connectivity index (χ0) is 10.8. The average molecular weight is 237 g/mol. The molecule has 1 aromatic rings. The summed E-state index contributed by atoms with van der Waals surface area (Å²) in [7, 11) is 0. The summed E-state index contributed by atoms with van der Waals surface area (Å²) in [6.45, 7) is 0. The number of phenolic OH excluding ortho intramolecular Hbond substituents is 1. The topological polar surface area (TPSA) is 49.3 Å². The summed E-state index contributed by atoms with van der Waals surface area (Å²) in [5, 5.41) is 11.5. The Morgan fingerprint density at radius 3 is 2.53 bits per heavy atom. The second kappa shape index (κ2) is 4.04. The second-order valence-corrected chi connectivity index (χ2v) is 4.37. The average Bonchev–Trinajstić information content (AvgIpc) is 2.49. The molecule has 0 atom stereocenters. The number of amides is 1. The van der Waals surface area contributed by atoms with E-state index in [1.54, 1.807) is 24.3 Å². The molecule has 2 rings (SSSR count). The van der Waals surface area contributed by atoms with E-state index in [-0.39, 0.29) is 11.0 Å². The van der Waals surface area contributed by atoms with Gasteiger partial charge in [-0.2, -0.15) is 0 Å². The molecule has 15 heavy (non-hydrogen) atoms. The van der Waals surface area contributed by atoms with Crippen LogP contribution < -0.4 is 5.32 Å². The standard InChI is InChI=1S/C10H7NO2S2/c12-7-3-1-6(2-4-7)5-8-9(14)11-10(13)15-8/h1-5,12H,(H,11,13,14)/b8-5+. The number of carbonyl (C=O) groups is 1. The molecule has 5 heteroatoms. The van der Waals surface area contributed by atoms with E-state index in [2.05, 4.69) is 5.32 Å². The van der Waals surface area contributed by atoms with Crippen molar-refractivity contribution in [2.24, 2.45) is 0 Å². The van der Waals surface area contributed by atoms with Gasteiger partial charge >= 0.3 is 0 Å². The Morgan fingerprint density at radius 2 is 2.00 bits per heavy atom. The van der Waals surface area contributed by atoms with Gasteiger partial charge in [0.05, 0.1) is 4.91 Å². The lowest BCUT2D eigenvalue weighted by Gasteiger charge is -1.96. The summed E-state index contributed by atoms with van der Waals surface area (Å²) < 4.78 is 0. The number of thioether (sulfide) groups is 1. The molecule has 0 aromatic heterocycles. The maximum absolute atomic E-state index is 11.0. The third-order valence-corrected chi connectivity index (χ3v) is 3.11. The van der Waals surface area contributed by atoms with Gasteiger partial charge in [0, 0.05) is 0 Å². The second-order valence-electron chi connectivity index (χ2n) is 2.94. The molecule has 1 heterocycles. The number of nitrogens with one attached hydrogen (secondary N) is 1. The number of rotatable bonds is 1. The third kappa shape index (κ3) is 2.37. The lowest BCUT2D eigenvalue weighted by Crippen LogP contribution is -2.15. The van der Waals surface area contributed by atoms with Crippen molar-refractivity contribution < 1.29 is 9.90 Å². The predicted octanol–water partition coefficient (Wildman–Crippen LogP) is 2.52. The maximum Gasteiger partial charge on any atom is 0.289 e. The minimum atomic E-state index is -0.148. The molecule has 1 amide bonds. The fourth-order valence-corrected chi connectivity index (χ4v) is 2.18.